The lowest BCUT2D eigenvalue weighted by Gasteiger charge is -2.64. The predicted molar refractivity (Wildman–Crippen MR) is 115 cm³/mol. The van der Waals surface area contributed by atoms with Crippen molar-refractivity contribution in [1.82, 2.24) is 0 Å². The number of esters is 1. The van der Waals surface area contributed by atoms with Crippen molar-refractivity contribution in [2.75, 3.05) is 0 Å². The Morgan fingerprint density at radius 3 is 2.60 bits per heavy atom. The minimum Gasteiger partial charge on any atom is -0.472 e. The Morgan fingerprint density at radius 1 is 1.13 bits per heavy atom. The zero-order valence-electron chi connectivity index (χ0n) is 18.8. The van der Waals surface area contributed by atoms with E-state index in [-0.39, 0.29) is 34.1 Å². The van der Waals surface area contributed by atoms with Crippen LogP contribution < -0.4 is 0 Å². The number of cyclic esters (lactones) is 1. The number of aliphatic hydroxyl groups excluding tert-OH is 1. The molecule has 162 valence electrons. The van der Waals surface area contributed by atoms with Crippen LogP contribution in [0.1, 0.15) is 71.8 Å². The molecule has 0 aromatic carbocycles. The molecule has 7 atom stereocenters. The number of carbonyl (C=O) groups excluding carboxylic acids is 1. The van der Waals surface area contributed by atoms with Crippen molar-refractivity contribution in [3.63, 3.8) is 0 Å². The molecular formula is C26H34O4. The Kier molecular flexibility index (Phi) is 4.10. The largest absolute Gasteiger partial charge is 0.472 e. The molecule has 5 rings (SSSR count). The third-order valence-corrected chi connectivity index (χ3v) is 9.58. The number of carbonyl (C=O) groups is 1. The lowest BCUT2D eigenvalue weighted by Crippen LogP contribution is -2.63. The molecule has 0 spiro atoms. The summed E-state index contributed by atoms with van der Waals surface area (Å²) >= 11 is 0. The molecule has 4 nitrogen and oxygen atoms in total. The zero-order valence-corrected chi connectivity index (χ0v) is 18.8. The van der Waals surface area contributed by atoms with Gasteiger partial charge in [0.15, 0.2) is 0 Å². The van der Waals surface area contributed by atoms with Gasteiger partial charge in [0.2, 0.25) is 0 Å². The van der Waals surface area contributed by atoms with Gasteiger partial charge in [-0.2, -0.15) is 0 Å². The summed E-state index contributed by atoms with van der Waals surface area (Å²) in [7, 11) is 0. The lowest BCUT2D eigenvalue weighted by atomic mass is 9.40. The highest BCUT2D eigenvalue weighted by atomic mass is 16.6. The fourth-order valence-corrected chi connectivity index (χ4v) is 8.18. The molecule has 0 radical (unpaired) electrons. The fourth-order valence-electron chi connectivity index (χ4n) is 8.18. The first-order valence-electron chi connectivity index (χ1n) is 11.4. The van der Waals surface area contributed by atoms with Gasteiger partial charge in [-0.25, -0.2) is 4.79 Å². The number of rotatable bonds is 1. The van der Waals surface area contributed by atoms with Gasteiger partial charge >= 0.3 is 5.97 Å². The van der Waals surface area contributed by atoms with Crippen LogP contribution in [0.5, 0.6) is 0 Å². The van der Waals surface area contributed by atoms with Crippen molar-refractivity contribution in [2.45, 2.75) is 77.9 Å². The van der Waals surface area contributed by atoms with E-state index in [1.54, 1.807) is 12.3 Å². The zero-order chi connectivity index (χ0) is 21.5. The highest BCUT2D eigenvalue weighted by Crippen LogP contribution is 2.71. The molecule has 1 aliphatic heterocycles. The molecule has 0 amide bonds. The molecule has 0 saturated heterocycles. The fraction of sp³-hybridized carbons (Fsp3) is 0.654. The molecular weight excluding hydrogens is 376 g/mol. The first-order valence-corrected chi connectivity index (χ1v) is 11.4. The van der Waals surface area contributed by atoms with Gasteiger partial charge in [-0.15, -0.1) is 0 Å². The number of hydrogen-bond acceptors (Lipinski definition) is 4. The summed E-state index contributed by atoms with van der Waals surface area (Å²) in [6, 6.07) is 2.09. The van der Waals surface area contributed by atoms with Crippen LogP contribution in [0.25, 0.3) is 0 Å². The van der Waals surface area contributed by atoms with Gasteiger partial charge < -0.3 is 14.3 Å². The number of fused-ring (bicyclic) bond motifs is 5. The van der Waals surface area contributed by atoms with Crippen LogP contribution in [0.2, 0.25) is 0 Å². The van der Waals surface area contributed by atoms with E-state index >= 15 is 0 Å². The van der Waals surface area contributed by atoms with E-state index in [1.165, 1.54) is 11.1 Å². The Hall–Kier alpha value is -1.81. The summed E-state index contributed by atoms with van der Waals surface area (Å²) in [6.45, 7) is 11.0. The van der Waals surface area contributed by atoms with Gasteiger partial charge in [-0.1, -0.05) is 38.5 Å². The van der Waals surface area contributed by atoms with E-state index in [1.807, 2.05) is 20.1 Å². The molecule has 1 N–H and O–H groups in total. The average molecular weight is 411 g/mol. The molecule has 4 aliphatic rings. The lowest BCUT2D eigenvalue weighted by molar-refractivity contribution is -0.186. The average Bonchev–Trinajstić information content (AvgIpc) is 3.28. The summed E-state index contributed by atoms with van der Waals surface area (Å²) in [6.07, 6.45) is 13.1. The maximum Gasteiger partial charge on any atom is 0.330 e. The molecule has 2 heterocycles. The van der Waals surface area contributed by atoms with Crippen LogP contribution >= 0.6 is 0 Å². The van der Waals surface area contributed by atoms with Crippen LogP contribution in [0.15, 0.2) is 46.8 Å². The number of hydrogen-bond donors (Lipinski definition) is 1. The van der Waals surface area contributed by atoms with E-state index < -0.39 is 11.7 Å². The first kappa shape index (κ1) is 20.1. The second-order valence-corrected chi connectivity index (χ2v) is 11.3. The van der Waals surface area contributed by atoms with Crippen LogP contribution in [0, 0.1) is 28.1 Å². The molecule has 30 heavy (non-hydrogen) atoms. The van der Waals surface area contributed by atoms with Gasteiger partial charge in [0, 0.05) is 17.4 Å². The van der Waals surface area contributed by atoms with Crippen molar-refractivity contribution in [2.24, 2.45) is 28.1 Å². The molecule has 4 heteroatoms. The van der Waals surface area contributed by atoms with Crippen LogP contribution in [0.3, 0.4) is 0 Å². The van der Waals surface area contributed by atoms with E-state index in [0.29, 0.717) is 12.3 Å². The maximum absolute atomic E-state index is 12.3. The van der Waals surface area contributed by atoms with Crippen LogP contribution in [-0.2, 0) is 9.53 Å². The monoisotopic (exact) mass is 410 g/mol. The first-order chi connectivity index (χ1) is 14.0. The standard InChI is InChI=1S/C26H34O4/c1-23(2)20-14-21(27)26(5)18-7-6-17(16-10-13-29-15-16)24(18,3)11-8-19(26)25(20,4)12-9-22(28)30-23/h7,9-10,12-13,15,17,19-21,27H,6,8,11,14H2,1-5H3/t17-,19-,20+,21+,24-,25+,26-/m0/s1. The Labute approximate surface area is 179 Å². The minimum atomic E-state index is -0.609. The number of furan rings is 1. The van der Waals surface area contributed by atoms with Crippen molar-refractivity contribution < 1.29 is 19.1 Å². The van der Waals surface area contributed by atoms with E-state index in [0.717, 1.165) is 19.3 Å². The molecule has 0 bridgehead atoms. The highest BCUT2D eigenvalue weighted by molar-refractivity contribution is 5.83. The molecule has 1 aromatic rings. The van der Waals surface area contributed by atoms with Gasteiger partial charge in [-0.3, -0.25) is 0 Å². The van der Waals surface area contributed by atoms with Crippen molar-refractivity contribution in [1.29, 1.82) is 0 Å². The van der Waals surface area contributed by atoms with Gasteiger partial charge in [0.1, 0.15) is 5.60 Å². The minimum absolute atomic E-state index is 0.0234. The Balaban J connectivity index is 1.61. The van der Waals surface area contributed by atoms with Gasteiger partial charge in [0.05, 0.1) is 18.6 Å². The normalized spacial score (nSPS) is 46.9. The molecule has 1 aromatic heterocycles. The van der Waals surface area contributed by atoms with Crippen molar-refractivity contribution in [3.05, 3.63) is 48.0 Å². The smallest absolute Gasteiger partial charge is 0.330 e. The quantitative estimate of drug-likeness (QED) is 0.498. The Bertz CT molecular complexity index is 925. The van der Waals surface area contributed by atoms with Crippen molar-refractivity contribution in [3.8, 4) is 0 Å². The SMILES string of the molecule is CC1(C)OC(=O)C=C[C@@]2(C)[C@@H]1C[C@@H](O)[C@@]1(C)C3=CC[C@@H](c4ccoc4)[C@]3(C)CC[C@@H]21. The molecule has 0 unspecified atom stereocenters. The predicted octanol–water partition coefficient (Wildman–Crippen LogP) is 5.39. The van der Waals surface area contributed by atoms with E-state index in [9.17, 15) is 9.90 Å². The highest BCUT2D eigenvalue weighted by Gasteiger charge is 2.67. The van der Waals surface area contributed by atoms with Crippen LogP contribution in [0.4, 0.5) is 0 Å². The van der Waals surface area contributed by atoms with Crippen LogP contribution in [-0.4, -0.2) is 22.8 Å². The summed E-state index contributed by atoms with van der Waals surface area (Å²) in [5, 5.41) is 11.7. The van der Waals surface area contributed by atoms with Gasteiger partial charge in [-0.05, 0) is 73.8 Å². The summed E-state index contributed by atoms with van der Waals surface area (Å²) < 4.78 is 11.2. The summed E-state index contributed by atoms with van der Waals surface area (Å²) in [5.41, 5.74) is 1.56. The van der Waals surface area contributed by atoms with Gasteiger partial charge in [0.25, 0.3) is 0 Å². The summed E-state index contributed by atoms with van der Waals surface area (Å²) in [5.74, 6) is 0.461. The Morgan fingerprint density at radius 2 is 1.90 bits per heavy atom. The van der Waals surface area contributed by atoms with E-state index in [2.05, 4.69) is 39.0 Å². The number of ether oxygens (including phenoxy) is 1. The molecule has 2 saturated carbocycles. The maximum atomic E-state index is 12.3. The van der Waals surface area contributed by atoms with E-state index in [4.69, 9.17) is 9.15 Å². The third-order valence-electron chi connectivity index (χ3n) is 9.58. The second kappa shape index (κ2) is 6.12. The topological polar surface area (TPSA) is 59.7 Å². The second-order valence-electron chi connectivity index (χ2n) is 11.3. The third kappa shape index (κ3) is 2.40. The molecule has 2 fully saturated rings. The molecule has 3 aliphatic carbocycles. The number of allylic oxidation sites excluding steroid dienone is 2. The summed E-state index contributed by atoms with van der Waals surface area (Å²) in [4.78, 5) is 12.3. The van der Waals surface area contributed by atoms with Crippen molar-refractivity contribution >= 4 is 5.97 Å². The number of aliphatic hydroxyl groups is 1.